The minimum Gasteiger partial charge on any atom is -1.00 e. The quantitative estimate of drug-likeness (QED) is 0.0531. The van der Waals surface area contributed by atoms with Gasteiger partial charge in [-0.15, -0.1) is 0 Å². The standard InChI is InChI=1S/C10H16N2O8.C10H13NO8.H3N.4Na.4H/c13-7(14)3-11(4-8(15)16)1-2-12(5-9(17)18)6-10(19)20;12-7(13)3-11(4-8(14)15)5-9(16)18-1-2-19-10(17)6-11;;;;;;;;;/h1-6H2,(H,13,14)(H,15,16)(H,17,18)(H,19,20);1-6H2,(H-,12,13,14,15);1H3;;;;;;;;/q;;;4*+1;4*-1. The number of nitrogens with zero attached hydrogens (tertiary/aromatic N) is 3. The molecule has 1 saturated heterocycles. The number of quaternary nitrogens is 1. The van der Waals surface area contributed by atoms with E-state index in [2.05, 4.69) is 0 Å². The van der Waals surface area contributed by atoms with Gasteiger partial charge < -0.3 is 56.8 Å². The zero-order valence-electron chi connectivity index (χ0n) is 29.3. The van der Waals surface area contributed by atoms with Gasteiger partial charge in [0.15, 0.2) is 19.6 Å². The largest absolute Gasteiger partial charge is 1.00 e. The van der Waals surface area contributed by atoms with E-state index in [4.69, 9.17) is 35.0 Å². The second kappa shape index (κ2) is 30.0. The van der Waals surface area contributed by atoms with E-state index in [9.17, 15) is 43.5 Å². The summed E-state index contributed by atoms with van der Waals surface area (Å²) in [5, 5.41) is 54.0. The summed E-state index contributed by atoms with van der Waals surface area (Å²) in [4.78, 5) is 88.8. The Bertz CT molecular complexity index is 873. The number of hydrogen-bond acceptors (Lipinski definition) is 14. The van der Waals surface area contributed by atoms with Crippen LogP contribution in [0.3, 0.4) is 0 Å². The first kappa shape index (κ1) is 56.0. The van der Waals surface area contributed by atoms with E-state index in [0.717, 1.165) is 9.80 Å². The number of cyclic esters (lactones) is 2. The molecule has 24 heteroatoms. The molecular formula is C20H36N4Na4O16. The molecule has 1 aliphatic rings. The van der Waals surface area contributed by atoms with Crippen LogP contribution in [0.4, 0.5) is 0 Å². The number of rotatable bonds is 15. The molecule has 236 valence electrons. The smallest absolute Gasteiger partial charge is 1.00 e. The average Bonchev–Trinajstić information content (AvgIpc) is 2.78. The number of hydrogen-bond donors (Lipinski definition) is 6. The first-order valence-corrected chi connectivity index (χ1v) is 10.9. The first-order chi connectivity index (χ1) is 18.0. The Labute approximate surface area is 345 Å². The van der Waals surface area contributed by atoms with Crippen molar-refractivity contribution in [3.8, 4) is 0 Å². The third-order valence-corrected chi connectivity index (χ3v) is 4.64. The molecule has 44 heavy (non-hydrogen) atoms. The van der Waals surface area contributed by atoms with Gasteiger partial charge in [-0.05, 0) is 0 Å². The summed E-state index contributed by atoms with van der Waals surface area (Å²) in [6.07, 6.45) is 0. The molecule has 0 spiro atoms. The fourth-order valence-electron chi connectivity index (χ4n) is 3.32. The number of carboxylic acids is 6. The molecule has 0 amide bonds. The zero-order chi connectivity index (χ0) is 30.2. The molecule has 20 nitrogen and oxygen atoms in total. The van der Waals surface area contributed by atoms with Crippen LogP contribution in [0.5, 0.6) is 0 Å². The molecule has 1 rings (SSSR count). The Morgan fingerprint density at radius 1 is 0.636 bits per heavy atom. The third kappa shape index (κ3) is 30.3. The summed E-state index contributed by atoms with van der Waals surface area (Å²) in [5.41, 5.74) is 0. The Balaban J connectivity index is -0.0000000634. The number of aliphatic carboxylic acids is 6. The van der Waals surface area contributed by atoms with Gasteiger partial charge in [-0.1, -0.05) is 0 Å². The van der Waals surface area contributed by atoms with E-state index >= 15 is 0 Å². The van der Waals surface area contributed by atoms with Crippen molar-refractivity contribution in [2.75, 3.05) is 78.7 Å². The van der Waals surface area contributed by atoms with E-state index in [1.165, 1.54) is 0 Å². The average molecular weight is 680 g/mol. The van der Waals surface area contributed by atoms with Gasteiger partial charge in [-0.25, -0.2) is 14.4 Å². The van der Waals surface area contributed by atoms with Crippen molar-refractivity contribution in [2.45, 2.75) is 0 Å². The Kier molecular flexibility index (Phi) is 38.1. The Morgan fingerprint density at radius 3 is 1.16 bits per heavy atom. The Hall–Kier alpha value is -0.400. The number of carboxylic acid groups (broad SMARTS) is 6. The van der Waals surface area contributed by atoms with E-state index in [1.54, 1.807) is 0 Å². The predicted molar refractivity (Wildman–Crippen MR) is 127 cm³/mol. The monoisotopic (exact) mass is 680 g/mol. The summed E-state index contributed by atoms with van der Waals surface area (Å²) < 4.78 is 8.56. The van der Waals surface area contributed by atoms with E-state index in [-0.39, 0.29) is 156 Å². The van der Waals surface area contributed by atoms with Crippen molar-refractivity contribution in [3.63, 3.8) is 0 Å². The number of carbonyl (C=O) groups is 8. The fraction of sp³-hybridized carbons (Fsp3) is 0.600. The Morgan fingerprint density at radius 2 is 0.932 bits per heavy atom. The minimum atomic E-state index is -1.57. The molecule has 0 saturated carbocycles. The molecule has 0 aromatic rings. The van der Waals surface area contributed by atoms with Crippen molar-refractivity contribution in [1.29, 1.82) is 0 Å². The fourth-order valence-corrected chi connectivity index (χ4v) is 3.32. The van der Waals surface area contributed by atoms with Crippen molar-refractivity contribution < 1.29 is 207 Å². The van der Waals surface area contributed by atoms with Gasteiger partial charge >= 0.3 is 160 Å². The molecule has 0 unspecified atom stereocenters. The van der Waals surface area contributed by atoms with Crippen molar-refractivity contribution in [2.24, 2.45) is 0 Å². The van der Waals surface area contributed by atoms with Gasteiger partial charge in [0, 0.05) is 13.1 Å². The second-order valence-corrected chi connectivity index (χ2v) is 8.18. The summed E-state index contributed by atoms with van der Waals surface area (Å²) in [6, 6.07) is 0. The van der Waals surface area contributed by atoms with Crippen LogP contribution in [0.1, 0.15) is 5.71 Å². The van der Waals surface area contributed by atoms with Crippen molar-refractivity contribution in [1.82, 2.24) is 16.0 Å². The van der Waals surface area contributed by atoms with Crippen LogP contribution in [0, 0.1) is 0 Å². The summed E-state index contributed by atoms with van der Waals surface area (Å²) in [6.45, 7) is -5.16. The van der Waals surface area contributed by atoms with E-state index < -0.39 is 105 Å². The molecule has 0 atom stereocenters. The summed E-state index contributed by atoms with van der Waals surface area (Å²) >= 11 is 0. The minimum absolute atomic E-state index is 0. The van der Waals surface area contributed by atoms with Crippen LogP contribution < -0.4 is 129 Å². The van der Waals surface area contributed by atoms with Gasteiger partial charge in [0.2, 0.25) is 0 Å². The van der Waals surface area contributed by atoms with Gasteiger partial charge in [0.25, 0.3) is 0 Å². The molecule has 0 aromatic carbocycles. The predicted octanol–water partition coefficient (Wildman–Crippen LogP) is -16.7. The number of esters is 2. The molecule has 8 N–H and O–H groups in total. The maximum Gasteiger partial charge on any atom is 1.00 e. The van der Waals surface area contributed by atoms with Crippen LogP contribution in [0.15, 0.2) is 0 Å². The van der Waals surface area contributed by atoms with Gasteiger partial charge in [0.1, 0.15) is 19.8 Å². The normalized spacial score (nSPS) is 13.2. The molecule has 1 aliphatic heterocycles. The van der Waals surface area contributed by atoms with Crippen molar-refractivity contribution in [3.05, 3.63) is 0 Å². The zero-order valence-corrected chi connectivity index (χ0v) is 33.3. The SMILES string of the molecule is N.O=C(O)CN(CCN(CC(=O)O)CC(=O)O)CC(=O)O.O=C([O-])C[N+]1(CC(=O)O)CC(=O)OCCOC(=O)C1.[H-].[H-].[H-].[H-].[Na+].[Na+].[Na+].[Na+]. The van der Waals surface area contributed by atoms with Gasteiger partial charge in [-0.2, -0.15) is 0 Å². The molecule has 1 heterocycles. The topological polar surface area (TPSA) is 321 Å². The van der Waals surface area contributed by atoms with Crippen LogP contribution >= 0.6 is 0 Å². The van der Waals surface area contributed by atoms with Gasteiger partial charge in [0.05, 0.1) is 32.1 Å². The molecule has 0 aliphatic carbocycles. The second-order valence-electron chi connectivity index (χ2n) is 8.18. The van der Waals surface area contributed by atoms with Gasteiger partial charge in [-0.3, -0.25) is 33.5 Å². The number of ether oxygens (including phenoxy) is 2. The van der Waals surface area contributed by atoms with Crippen LogP contribution in [-0.4, -0.2) is 166 Å². The third-order valence-electron chi connectivity index (χ3n) is 4.64. The first-order valence-electron chi connectivity index (χ1n) is 10.9. The maximum atomic E-state index is 11.5. The molecule has 0 radical (unpaired) electrons. The summed E-state index contributed by atoms with van der Waals surface area (Å²) in [5.74, 6) is -9.41. The van der Waals surface area contributed by atoms with Crippen LogP contribution in [0.25, 0.3) is 0 Å². The maximum absolute atomic E-state index is 11.5. The number of carbonyl (C=O) groups excluding carboxylic acids is 3. The van der Waals surface area contributed by atoms with E-state index in [0.29, 0.717) is 0 Å². The molecule has 0 bridgehead atoms. The van der Waals surface area contributed by atoms with Crippen LogP contribution in [-0.2, 0) is 47.8 Å². The van der Waals surface area contributed by atoms with Crippen molar-refractivity contribution >= 4 is 47.8 Å². The van der Waals surface area contributed by atoms with Crippen LogP contribution in [0.2, 0.25) is 0 Å². The van der Waals surface area contributed by atoms with E-state index in [1.807, 2.05) is 0 Å². The summed E-state index contributed by atoms with van der Waals surface area (Å²) in [7, 11) is 0. The molecule has 0 aromatic heterocycles. The molecular weight excluding hydrogens is 644 g/mol. The molecule has 1 fully saturated rings.